The average Bonchev–Trinajstić information content (AvgIpc) is 2.79. The molecule has 3 aromatic rings. The van der Waals surface area contributed by atoms with Crippen LogP contribution >= 0.6 is 0 Å². The highest BCUT2D eigenvalue weighted by atomic mass is 19.1. The van der Waals surface area contributed by atoms with Crippen LogP contribution in [0.2, 0.25) is 0 Å². The van der Waals surface area contributed by atoms with Gasteiger partial charge in [-0.25, -0.2) is 4.39 Å². The molecule has 5 heteroatoms. The van der Waals surface area contributed by atoms with E-state index < -0.39 is 0 Å². The first-order chi connectivity index (χ1) is 14.5. The van der Waals surface area contributed by atoms with Crippen molar-refractivity contribution in [1.29, 1.82) is 0 Å². The maximum Gasteiger partial charge on any atom is 0.258 e. The Bertz CT molecular complexity index is 1060. The molecule has 0 saturated heterocycles. The van der Waals surface area contributed by atoms with Crippen molar-refractivity contribution in [2.45, 2.75) is 25.8 Å². The Morgan fingerprint density at radius 3 is 2.40 bits per heavy atom. The topological polar surface area (TPSA) is 49.4 Å². The Kier molecular flexibility index (Phi) is 5.61. The van der Waals surface area contributed by atoms with Crippen molar-refractivity contribution in [1.82, 2.24) is 5.32 Å². The lowest BCUT2D eigenvalue weighted by atomic mass is 9.98. The van der Waals surface area contributed by atoms with Gasteiger partial charge in [-0.1, -0.05) is 30.3 Å². The fourth-order valence-electron chi connectivity index (χ4n) is 3.80. The monoisotopic (exact) mass is 402 g/mol. The fraction of sp³-hybridized carbons (Fsp3) is 0.200. The molecule has 0 aliphatic carbocycles. The molecule has 1 heterocycles. The molecule has 0 spiro atoms. The third-order valence-electron chi connectivity index (χ3n) is 5.44. The highest BCUT2D eigenvalue weighted by molar-refractivity contribution is 6.07. The maximum absolute atomic E-state index is 13.2. The molecule has 152 valence electrons. The van der Waals surface area contributed by atoms with Gasteiger partial charge in [0.25, 0.3) is 11.8 Å². The van der Waals surface area contributed by atoms with Gasteiger partial charge in [-0.3, -0.25) is 9.59 Å². The van der Waals surface area contributed by atoms with Crippen molar-refractivity contribution in [3.8, 4) is 0 Å². The van der Waals surface area contributed by atoms with Gasteiger partial charge in [-0.2, -0.15) is 0 Å². The number of anilines is 1. The van der Waals surface area contributed by atoms with E-state index in [4.69, 9.17) is 0 Å². The van der Waals surface area contributed by atoms with Crippen molar-refractivity contribution in [3.05, 3.63) is 101 Å². The molecule has 1 aliphatic rings. The van der Waals surface area contributed by atoms with Gasteiger partial charge < -0.3 is 10.2 Å². The number of hydrogen-bond acceptors (Lipinski definition) is 2. The van der Waals surface area contributed by atoms with Gasteiger partial charge in [-0.05, 0) is 73.4 Å². The van der Waals surface area contributed by atoms with Crippen LogP contribution in [-0.2, 0) is 6.42 Å². The molecular weight excluding hydrogens is 379 g/mol. The molecule has 0 aromatic heterocycles. The second kappa shape index (κ2) is 8.49. The van der Waals surface area contributed by atoms with Gasteiger partial charge in [0.1, 0.15) is 5.82 Å². The molecule has 2 amide bonds. The predicted molar refractivity (Wildman–Crippen MR) is 115 cm³/mol. The van der Waals surface area contributed by atoms with E-state index in [2.05, 4.69) is 5.32 Å². The number of halogens is 1. The average molecular weight is 402 g/mol. The van der Waals surface area contributed by atoms with E-state index in [0.29, 0.717) is 17.7 Å². The van der Waals surface area contributed by atoms with Crippen LogP contribution in [0.4, 0.5) is 10.1 Å². The minimum atomic E-state index is -0.369. The SMILES string of the molecule is C[C@@H](NC(=O)c1ccc2c(c1)CCCN2C(=O)c1ccc(F)cc1)c1ccccc1. The molecule has 30 heavy (non-hydrogen) atoms. The quantitative estimate of drug-likeness (QED) is 0.674. The lowest BCUT2D eigenvalue weighted by Gasteiger charge is -2.30. The largest absolute Gasteiger partial charge is 0.346 e. The van der Waals surface area contributed by atoms with E-state index in [1.165, 1.54) is 24.3 Å². The number of rotatable bonds is 4. The first-order valence-electron chi connectivity index (χ1n) is 10.1. The van der Waals surface area contributed by atoms with Gasteiger partial charge >= 0.3 is 0 Å². The molecule has 1 atom stereocenters. The zero-order valence-electron chi connectivity index (χ0n) is 16.8. The fourth-order valence-corrected chi connectivity index (χ4v) is 3.80. The van der Waals surface area contributed by atoms with E-state index >= 15 is 0 Å². The molecule has 1 N–H and O–H groups in total. The Hall–Kier alpha value is -3.47. The van der Waals surface area contributed by atoms with Crippen LogP contribution in [0.25, 0.3) is 0 Å². The first kappa shape index (κ1) is 19.8. The number of nitrogens with one attached hydrogen (secondary N) is 1. The first-order valence-corrected chi connectivity index (χ1v) is 10.1. The molecule has 0 bridgehead atoms. The van der Waals surface area contributed by atoms with Crippen LogP contribution < -0.4 is 10.2 Å². The van der Waals surface area contributed by atoms with Crippen LogP contribution in [0.1, 0.15) is 51.2 Å². The van der Waals surface area contributed by atoms with Crippen LogP contribution in [0.5, 0.6) is 0 Å². The number of carbonyl (C=O) groups is 2. The number of aryl methyl sites for hydroxylation is 1. The normalized spacial score (nSPS) is 14.0. The molecule has 3 aromatic carbocycles. The molecular formula is C25H23FN2O2. The minimum absolute atomic E-state index is 0.105. The van der Waals surface area contributed by atoms with E-state index in [1.807, 2.05) is 49.4 Å². The summed E-state index contributed by atoms with van der Waals surface area (Å²) in [6.07, 6.45) is 1.61. The smallest absolute Gasteiger partial charge is 0.258 e. The van der Waals surface area contributed by atoms with Gasteiger partial charge in [0.15, 0.2) is 0 Å². The summed E-state index contributed by atoms with van der Waals surface area (Å²) in [5, 5.41) is 3.03. The highest BCUT2D eigenvalue weighted by Gasteiger charge is 2.24. The zero-order valence-corrected chi connectivity index (χ0v) is 16.8. The van der Waals surface area contributed by atoms with Gasteiger partial charge in [0.05, 0.1) is 6.04 Å². The second-order valence-electron chi connectivity index (χ2n) is 7.52. The van der Waals surface area contributed by atoms with Gasteiger partial charge in [0, 0.05) is 23.4 Å². The Morgan fingerprint density at radius 2 is 1.67 bits per heavy atom. The van der Waals surface area contributed by atoms with E-state index in [1.54, 1.807) is 11.0 Å². The third-order valence-corrected chi connectivity index (χ3v) is 5.44. The number of nitrogens with zero attached hydrogens (tertiary/aromatic N) is 1. The van der Waals surface area contributed by atoms with Crippen molar-refractivity contribution in [2.75, 3.05) is 11.4 Å². The summed E-state index contributed by atoms with van der Waals surface area (Å²) in [7, 11) is 0. The van der Waals surface area contributed by atoms with E-state index in [-0.39, 0.29) is 23.7 Å². The summed E-state index contributed by atoms with van der Waals surface area (Å²) in [5.41, 5.74) is 3.84. The Labute approximate surface area is 175 Å². The number of fused-ring (bicyclic) bond motifs is 1. The lowest BCUT2D eigenvalue weighted by Crippen LogP contribution is -2.35. The van der Waals surface area contributed by atoms with E-state index in [9.17, 15) is 14.0 Å². The maximum atomic E-state index is 13.2. The highest BCUT2D eigenvalue weighted by Crippen LogP contribution is 2.29. The summed E-state index contributed by atoms with van der Waals surface area (Å²) >= 11 is 0. The van der Waals surface area contributed by atoms with Crippen molar-refractivity contribution in [2.24, 2.45) is 0 Å². The summed E-state index contributed by atoms with van der Waals surface area (Å²) in [6, 6.07) is 20.7. The molecule has 4 rings (SSSR count). The third kappa shape index (κ3) is 4.10. The van der Waals surface area contributed by atoms with Crippen LogP contribution in [-0.4, -0.2) is 18.4 Å². The summed E-state index contributed by atoms with van der Waals surface area (Å²) in [5.74, 6) is -0.673. The number of carbonyl (C=O) groups excluding carboxylic acids is 2. The van der Waals surface area contributed by atoms with Crippen molar-refractivity contribution >= 4 is 17.5 Å². The Morgan fingerprint density at radius 1 is 0.967 bits per heavy atom. The van der Waals surface area contributed by atoms with Gasteiger partial charge in [-0.15, -0.1) is 0 Å². The standard InChI is InChI=1S/C25H23FN2O2/c1-17(18-6-3-2-4-7-18)27-24(29)21-11-14-23-20(16-21)8-5-15-28(23)25(30)19-9-12-22(26)13-10-19/h2-4,6-7,9-14,16-17H,5,8,15H2,1H3,(H,27,29)/t17-/m1/s1. The number of benzene rings is 3. The summed E-state index contributed by atoms with van der Waals surface area (Å²) in [6.45, 7) is 2.55. The number of amides is 2. The molecule has 4 nitrogen and oxygen atoms in total. The lowest BCUT2D eigenvalue weighted by molar-refractivity contribution is 0.0939. The molecule has 0 fully saturated rings. The molecule has 0 radical (unpaired) electrons. The van der Waals surface area contributed by atoms with Crippen molar-refractivity contribution < 1.29 is 14.0 Å². The van der Waals surface area contributed by atoms with Crippen molar-refractivity contribution in [3.63, 3.8) is 0 Å². The Balaban J connectivity index is 1.53. The van der Waals surface area contributed by atoms with Crippen LogP contribution in [0.15, 0.2) is 72.8 Å². The second-order valence-corrected chi connectivity index (χ2v) is 7.52. The number of hydrogen-bond donors (Lipinski definition) is 1. The predicted octanol–water partition coefficient (Wildman–Crippen LogP) is 4.91. The summed E-state index contributed by atoms with van der Waals surface area (Å²) in [4.78, 5) is 27.4. The van der Waals surface area contributed by atoms with Gasteiger partial charge in [0.2, 0.25) is 0 Å². The molecule has 1 aliphatic heterocycles. The molecule has 0 unspecified atom stereocenters. The zero-order chi connectivity index (χ0) is 21.1. The van der Waals surface area contributed by atoms with Crippen LogP contribution in [0, 0.1) is 5.82 Å². The summed E-state index contributed by atoms with van der Waals surface area (Å²) < 4.78 is 13.2. The minimum Gasteiger partial charge on any atom is -0.346 e. The molecule has 0 saturated carbocycles. The van der Waals surface area contributed by atoms with Crippen LogP contribution in [0.3, 0.4) is 0 Å². The van der Waals surface area contributed by atoms with E-state index in [0.717, 1.165) is 29.7 Å².